The van der Waals surface area contributed by atoms with Crippen LogP contribution < -0.4 is 21.2 Å². The Morgan fingerprint density at radius 2 is 2.38 bits per heavy atom. The van der Waals surface area contributed by atoms with Crippen molar-refractivity contribution in [1.82, 2.24) is 5.01 Å². The predicted octanol–water partition coefficient (Wildman–Crippen LogP) is -0.800. The number of hydrogen-bond acceptors (Lipinski definition) is 4. The first-order valence-electron chi connectivity index (χ1n) is 4.01. The lowest BCUT2D eigenvalue weighted by Crippen LogP contribution is -2.38. The van der Waals surface area contributed by atoms with Crippen molar-refractivity contribution < 1.29 is 4.74 Å². The molecule has 1 aliphatic rings. The van der Waals surface area contributed by atoms with E-state index in [0.29, 0.717) is 6.67 Å². The standard InChI is InChI=1S/C9H11N3O/c1-13-8-3-2-7-5-12(10)6-11-9(7)4-8/h2-5H,6,10H2,1H3. The Bertz CT molecular complexity index is 427. The molecular formula is C9H11N3O. The monoisotopic (exact) mass is 177 g/mol. The minimum absolute atomic E-state index is 0.500. The van der Waals surface area contributed by atoms with Gasteiger partial charge < -0.3 is 4.74 Å². The Hall–Kier alpha value is -1.55. The quantitative estimate of drug-likeness (QED) is 0.571. The van der Waals surface area contributed by atoms with Crippen LogP contribution in [0.15, 0.2) is 23.2 Å². The van der Waals surface area contributed by atoms with Crippen LogP contribution in [-0.2, 0) is 0 Å². The fourth-order valence-corrected chi connectivity index (χ4v) is 1.27. The predicted molar refractivity (Wildman–Crippen MR) is 49.1 cm³/mol. The molecule has 0 saturated heterocycles. The minimum atomic E-state index is 0.500. The zero-order valence-corrected chi connectivity index (χ0v) is 7.40. The number of nitrogens with two attached hydrogens (primary N) is 1. The second-order valence-electron chi connectivity index (χ2n) is 2.87. The molecule has 0 spiro atoms. The third-order valence-electron chi connectivity index (χ3n) is 1.95. The molecule has 0 bridgehead atoms. The topological polar surface area (TPSA) is 50.8 Å². The van der Waals surface area contributed by atoms with E-state index in [1.54, 1.807) is 12.1 Å². The molecule has 1 aliphatic heterocycles. The van der Waals surface area contributed by atoms with Crippen LogP contribution in [-0.4, -0.2) is 18.8 Å². The van der Waals surface area contributed by atoms with Crippen molar-refractivity contribution in [1.29, 1.82) is 0 Å². The van der Waals surface area contributed by atoms with Crippen molar-refractivity contribution in [3.63, 3.8) is 0 Å². The number of hydrogen-bond donors (Lipinski definition) is 1. The Labute approximate surface area is 75.9 Å². The van der Waals surface area contributed by atoms with Crippen molar-refractivity contribution in [2.24, 2.45) is 10.8 Å². The van der Waals surface area contributed by atoms with Crippen molar-refractivity contribution in [3.05, 3.63) is 28.8 Å². The van der Waals surface area contributed by atoms with E-state index >= 15 is 0 Å². The van der Waals surface area contributed by atoms with Crippen LogP contribution in [0.5, 0.6) is 5.75 Å². The van der Waals surface area contributed by atoms with Gasteiger partial charge in [0.05, 0.1) is 12.5 Å². The highest BCUT2D eigenvalue weighted by Gasteiger charge is 1.99. The van der Waals surface area contributed by atoms with Crippen LogP contribution >= 0.6 is 0 Å². The molecule has 0 radical (unpaired) electrons. The first kappa shape index (κ1) is 8.07. The van der Waals surface area contributed by atoms with Crippen LogP contribution in [0.4, 0.5) is 0 Å². The summed E-state index contributed by atoms with van der Waals surface area (Å²) in [5.41, 5.74) is 0. The number of hydrazine groups is 1. The molecule has 1 aromatic rings. The molecule has 0 amide bonds. The van der Waals surface area contributed by atoms with Crippen LogP contribution in [0.1, 0.15) is 0 Å². The number of methoxy groups -OCH3 is 1. The molecule has 1 aromatic carbocycles. The zero-order chi connectivity index (χ0) is 9.26. The van der Waals surface area contributed by atoms with Gasteiger partial charge in [-0.05, 0) is 12.1 Å². The third-order valence-corrected chi connectivity index (χ3v) is 1.95. The van der Waals surface area contributed by atoms with Gasteiger partial charge in [-0.25, -0.2) is 5.84 Å². The Morgan fingerprint density at radius 3 is 3.15 bits per heavy atom. The first-order valence-corrected chi connectivity index (χ1v) is 4.01. The lowest BCUT2D eigenvalue weighted by molar-refractivity contribution is 0.411. The van der Waals surface area contributed by atoms with Gasteiger partial charge in [0, 0.05) is 17.5 Å². The SMILES string of the molecule is COc1ccc2c(c1)=NCN(N)C=2. The first-order chi connectivity index (χ1) is 6.29. The molecule has 0 atom stereocenters. The average molecular weight is 177 g/mol. The van der Waals surface area contributed by atoms with E-state index in [1.807, 2.05) is 24.4 Å². The second-order valence-corrected chi connectivity index (χ2v) is 2.87. The van der Waals surface area contributed by atoms with Crippen molar-refractivity contribution in [2.75, 3.05) is 13.8 Å². The van der Waals surface area contributed by atoms with Crippen molar-refractivity contribution in [2.45, 2.75) is 0 Å². The molecule has 0 fully saturated rings. The Kier molecular flexibility index (Phi) is 1.90. The van der Waals surface area contributed by atoms with Gasteiger partial charge >= 0.3 is 0 Å². The average Bonchev–Trinajstić information content (AvgIpc) is 2.17. The van der Waals surface area contributed by atoms with Gasteiger partial charge in [0.1, 0.15) is 12.4 Å². The fraction of sp³-hybridized carbons (Fsp3) is 0.222. The summed E-state index contributed by atoms with van der Waals surface area (Å²) in [5, 5.41) is 3.50. The van der Waals surface area contributed by atoms with Crippen LogP contribution in [0.3, 0.4) is 0 Å². The summed E-state index contributed by atoms with van der Waals surface area (Å²) in [6.45, 7) is 0.500. The van der Waals surface area contributed by atoms with Gasteiger partial charge in [0.15, 0.2) is 0 Å². The molecule has 4 heteroatoms. The van der Waals surface area contributed by atoms with E-state index in [9.17, 15) is 0 Å². The summed E-state index contributed by atoms with van der Waals surface area (Å²) < 4.78 is 5.09. The van der Waals surface area contributed by atoms with Gasteiger partial charge in [-0.3, -0.25) is 10.0 Å². The smallest absolute Gasteiger partial charge is 0.124 e. The van der Waals surface area contributed by atoms with Gasteiger partial charge in [0.2, 0.25) is 0 Å². The number of benzene rings is 1. The fourth-order valence-electron chi connectivity index (χ4n) is 1.27. The summed E-state index contributed by atoms with van der Waals surface area (Å²) >= 11 is 0. The number of rotatable bonds is 1. The normalized spacial score (nSPS) is 14.2. The van der Waals surface area contributed by atoms with E-state index in [1.165, 1.54) is 0 Å². The van der Waals surface area contributed by atoms with Crippen molar-refractivity contribution >= 4 is 6.20 Å². The second kappa shape index (κ2) is 3.06. The molecule has 0 saturated carbocycles. The highest BCUT2D eigenvalue weighted by atomic mass is 16.5. The lowest BCUT2D eigenvalue weighted by atomic mass is 10.2. The molecule has 13 heavy (non-hydrogen) atoms. The minimum Gasteiger partial charge on any atom is -0.497 e. The van der Waals surface area contributed by atoms with E-state index in [0.717, 1.165) is 16.3 Å². The summed E-state index contributed by atoms with van der Waals surface area (Å²) in [4.78, 5) is 4.27. The molecular weight excluding hydrogens is 166 g/mol. The zero-order valence-electron chi connectivity index (χ0n) is 7.40. The summed E-state index contributed by atoms with van der Waals surface area (Å²) in [7, 11) is 1.64. The molecule has 4 nitrogen and oxygen atoms in total. The molecule has 68 valence electrons. The van der Waals surface area contributed by atoms with Crippen LogP contribution in [0, 0.1) is 0 Å². The summed E-state index contributed by atoms with van der Waals surface area (Å²) in [6, 6.07) is 5.74. The molecule has 1 heterocycles. The maximum absolute atomic E-state index is 5.57. The Balaban J connectivity index is 2.60. The van der Waals surface area contributed by atoms with Crippen molar-refractivity contribution in [3.8, 4) is 5.75 Å². The number of nitrogens with zero attached hydrogens (tertiary/aromatic N) is 2. The van der Waals surface area contributed by atoms with E-state index in [4.69, 9.17) is 10.6 Å². The van der Waals surface area contributed by atoms with Gasteiger partial charge in [-0.15, -0.1) is 0 Å². The van der Waals surface area contributed by atoms with E-state index in [-0.39, 0.29) is 0 Å². The van der Waals surface area contributed by atoms with E-state index < -0.39 is 0 Å². The molecule has 0 aliphatic carbocycles. The summed E-state index contributed by atoms with van der Waals surface area (Å²) in [6.07, 6.45) is 1.86. The van der Waals surface area contributed by atoms with E-state index in [2.05, 4.69) is 4.99 Å². The van der Waals surface area contributed by atoms with Crippen LogP contribution in [0.2, 0.25) is 0 Å². The van der Waals surface area contributed by atoms with Gasteiger partial charge in [-0.1, -0.05) is 0 Å². The summed E-state index contributed by atoms with van der Waals surface area (Å²) in [5.74, 6) is 6.39. The van der Waals surface area contributed by atoms with Gasteiger partial charge in [-0.2, -0.15) is 0 Å². The molecule has 2 rings (SSSR count). The maximum Gasteiger partial charge on any atom is 0.124 e. The number of ether oxygens (including phenoxy) is 1. The highest BCUT2D eigenvalue weighted by Crippen LogP contribution is 2.02. The lowest BCUT2D eigenvalue weighted by Gasteiger charge is -2.13. The highest BCUT2D eigenvalue weighted by molar-refractivity contribution is 5.29. The maximum atomic E-state index is 5.57. The number of fused-ring (bicyclic) bond motifs is 1. The Morgan fingerprint density at radius 1 is 1.54 bits per heavy atom. The third kappa shape index (κ3) is 1.48. The molecule has 2 N–H and O–H groups in total. The molecule has 0 aromatic heterocycles. The van der Waals surface area contributed by atoms with Gasteiger partial charge in [0.25, 0.3) is 0 Å². The molecule has 0 unspecified atom stereocenters. The largest absolute Gasteiger partial charge is 0.497 e. The van der Waals surface area contributed by atoms with Crippen LogP contribution in [0.25, 0.3) is 6.20 Å².